The van der Waals surface area contributed by atoms with Gasteiger partial charge in [-0.2, -0.15) is 0 Å². The minimum Gasteiger partial charge on any atom is -0.304 e. The van der Waals surface area contributed by atoms with Crippen LogP contribution in [0.1, 0.15) is 12.8 Å². The van der Waals surface area contributed by atoms with Crippen LogP contribution in [0.5, 0.6) is 0 Å². The van der Waals surface area contributed by atoms with Crippen molar-refractivity contribution in [1.29, 1.82) is 0 Å². The Bertz CT molecular complexity index is 183. The Morgan fingerprint density at radius 3 is 1.69 bits per heavy atom. The summed E-state index contributed by atoms with van der Waals surface area (Å²) in [6.07, 6.45) is 7.18. The molecule has 0 aromatic carbocycles. The first-order chi connectivity index (χ1) is 7.95. The van der Waals surface area contributed by atoms with Crippen LogP contribution in [0, 0.1) is 0 Å². The van der Waals surface area contributed by atoms with E-state index in [9.17, 15) is 0 Å². The Kier molecular flexibility index (Phi) is 5.28. The molecule has 2 heterocycles. The Balaban J connectivity index is 1.57. The smallest absolute Gasteiger partial charge is 0.0483 e. The molecule has 0 bridgehead atoms. The minimum absolute atomic E-state index is 1.05. The molecule has 4 nitrogen and oxygen atoms in total. The summed E-state index contributed by atoms with van der Waals surface area (Å²) in [5, 5.41) is 6.79. The van der Waals surface area contributed by atoms with Gasteiger partial charge in [0, 0.05) is 39.5 Å². The summed E-state index contributed by atoms with van der Waals surface area (Å²) in [5.41, 5.74) is 0. The highest BCUT2D eigenvalue weighted by Gasteiger charge is 2.08. The molecule has 4 heteroatoms. The molecule has 2 N–H and O–H groups in total. The molecule has 0 aromatic rings. The zero-order chi connectivity index (χ0) is 11.1. The van der Waals surface area contributed by atoms with Crippen LogP contribution in [0.15, 0.2) is 12.2 Å². The van der Waals surface area contributed by atoms with Crippen molar-refractivity contribution in [3.63, 3.8) is 0 Å². The SMILES string of the molecule is C(=C\CN1CCCNC1)/CN1CCCNC1. The molecule has 0 amide bonds. The number of rotatable bonds is 4. The minimum atomic E-state index is 1.05. The molecule has 2 saturated heterocycles. The molecule has 2 fully saturated rings. The van der Waals surface area contributed by atoms with Gasteiger partial charge in [0.2, 0.25) is 0 Å². The molecule has 2 aliphatic rings. The van der Waals surface area contributed by atoms with Crippen molar-refractivity contribution in [3.8, 4) is 0 Å². The van der Waals surface area contributed by atoms with Gasteiger partial charge in [0.1, 0.15) is 0 Å². The summed E-state index contributed by atoms with van der Waals surface area (Å²) in [5.74, 6) is 0. The van der Waals surface area contributed by atoms with Gasteiger partial charge < -0.3 is 10.6 Å². The lowest BCUT2D eigenvalue weighted by atomic mass is 10.3. The monoisotopic (exact) mass is 224 g/mol. The van der Waals surface area contributed by atoms with Gasteiger partial charge in [-0.25, -0.2) is 0 Å². The first-order valence-corrected chi connectivity index (χ1v) is 6.46. The van der Waals surface area contributed by atoms with E-state index in [-0.39, 0.29) is 0 Å². The molecule has 16 heavy (non-hydrogen) atoms. The quantitative estimate of drug-likeness (QED) is 0.661. The predicted octanol–water partition coefficient (Wildman–Crippen LogP) is 0.0482. The second-order valence-electron chi connectivity index (χ2n) is 4.65. The van der Waals surface area contributed by atoms with Gasteiger partial charge in [-0.05, 0) is 25.9 Å². The van der Waals surface area contributed by atoms with E-state index in [1.54, 1.807) is 0 Å². The largest absolute Gasteiger partial charge is 0.304 e. The third kappa shape index (κ3) is 4.22. The molecule has 0 unspecified atom stereocenters. The van der Waals surface area contributed by atoms with E-state index in [0.717, 1.165) is 26.4 Å². The highest BCUT2D eigenvalue weighted by molar-refractivity contribution is 4.88. The molecule has 2 rings (SSSR count). The second-order valence-corrected chi connectivity index (χ2v) is 4.65. The average molecular weight is 224 g/mol. The molecule has 92 valence electrons. The van der Waals surface area contributed by atoms with E-state index in [2.05, 4.69) is 32.6 Å². The van der Waals surface area contributed by atoms with Crippen molar-refractivity contribution in [2.45, 2.75) is 12.8 Å². The lowest BCUT2D eigenvalue weighted by Gasteiger charge is -2.27. The summed E-state index contributed by atoms with van der Waals surface area (Å²) in [7, 11) is 0. The van der Waals surface area contributed by atoms with Gasteiger partial charge in [-0.3, -0.25) is 9.80 Å². The van der Waals surface area contributed by atoms with Crippen LogP contribution in [0.4, 0.5) is 0 Å². The van der Waals surface area contributed by atoms with Crippen molar-refractivity contribution < 1.29 is 0 Å². The lowest BCUT2D eigenvalue weighted by Crippen LogP contribution is -2.42. The van der Waals surface area contributed by atoms with Gasteiger partial charge in [-0.1, -0.05) is 12.2 Å². The first kappa shape index (κ1) is 12.0. The van der Waals surface area contributed by atoms with Gasteiger partial charge in [-0.15, -0.1) is 0 Å². The van der Waals surface area contributed by atoms with E-state index < -0.39 is 0 Å². The standard InChI is InChI=1S/C12H24N4/c1(7-15-9-3-5-13-11-15)2-8-16-10-4-6-14-12-16/h1-2,13-14H,3-12H2/b2-1+. The summed E-state index contributed by atoms with van der Waals surface area (Å²) in [6.45, 7) is 9.12. The molecule has 0 radical (unpaired) electrons. The molecular weight excluding hydrogens is 200 g/mol. The Labute approximate surface area is 98.7 Å². The van der Waals surface area contributed by atoms with Crippen molar-refractivity contribution >= 4 is 0 Å². The van der Waals surface area contributed by atoms with Crippen LogP contribution in [-0.2, 0) is 0 Å². The van der Waals surface area contributed by atoms with Crippen molar-refractivity contribution in [2.24, 2.45) is 0 Å². The summed E-state index contributed by atoms with van der Waals surface area (Å²) in [4.78, 5) is 4.91. The fourth-order valence-electron chi connectivity index (χ4n) is 2.25. The van der Waals surface area contributed by atoms with Crippen LogP contribution < -0.4 is 10.6 Å². The van der Waals surface area contributed by atoms with E-state index in [1.165, 1.54) is 39.0 Å². The number of nitrogens with one attached hydrogen (secondary N) is 2. The molecule has 0 atom stereocenters. The summed E-state index contributed by atoms with van der Waals surface area (Å²) < 4.78 is 0. The predicted molar refractivity (Wildman–Crippen MR) is 67.3 cm³/mol. The topological polar surface area (TPSA) is 30.5 Å². The van der Waals surface area contributed by atoms with Crippen LogP contribution in [0.2, 0.25) is 0 Å². The number of nitrogens with zero attached hydrogens (tertiary/aromatic N) is 2. The Morgan fingerprint density at radius 1 is 0.812 bits per heavy atom. The number of hydrogen-bond acceptors (Lipinski definition) is 4. The van der Waals surface area contributed by atoms with Crippen molar-refractivity contribution in [3.05, 3.63) is 12.2 Å². The highest BCUT2D eigenvalue weighted by Crippen LogP contribution is 1.97. The van der Waals surface area contributed by atoms with Crippen LogP contribution in [0.3, 0.4) is 0 Å². The molecule has 0 aliphatic carbocycles. The molecule has 0 saturated carbocycles. The van der Waals surface area contributed by atoms with Crippen LogP contribution in [0.25, 0.3) is 0 Å². The van der Waals surface area contributed by atoms with Crippen molar-refractivity contribution in [1.82, 2.24) is 20.4 Å². The van der Waals surface area contributed by atoms with E-state index in [0.29, 0.717) is 0 Å². The molecule has 0 aromatic heterocycles. The van der Waals surface area contributed by atoms with Crippen molar-refractivity contribution in [2.75, 3.05) is 52.6 Å². The normalized spacial score (nSPS) is 25.2. The lowest BCUT2D eigenvalue weighted by molar-refractivity contribution is 0.231. The van der Waals surface area contributed by atoms with Gasteiger partial charge >= 0.3 is 0 Å². The van der Waals surface area contributed by atoms with E-state index >= 15 is 0 Å². The average Bonchev–Trinajstić information content (AvgIpc) is 2.37. The van der Waals surface area contributed by atoms with E-state index in [4.69, 9.17) is 0 Å². The maximum Gasteiger partial charge on any atom is 0.0483 e. The highest BCUT2D eigenvalue weighted by atomic mass is 15.2. The van der Waals surface area contributed by atoms with Crippen LogP contribution >= 0.6 is 0 Å². The second kappa shape index (κ2) is 7.01. The molecular formula is C12H24N4. The maximum absolute atomic E-state index is 3.40. The third-order valence-corrected chi connectivity index (χ3v) is 3.22. The van der Waals surface area contributed by atoms with E-state index in [1.807, 2.05) is 0 Å². The maximum atomic E-state index is 3.40. The Morgan fingerprint density at radius 2 is 1.31 bits per heavy atom. The zero-order valence-corrected chi connectivity index (χ0v) is 10.1. The van der Waals surface area contributed by atoms with Gasteiger partial charge in [0.15, 0.2) is 0 Å². The Hall–Kier alpha value is -0.420. The van der Waals surface area contributed by atoms with Crippen LogP contribution in [-0.4, -0.2) is 62.4 Å². The summed E-state index contributed by atoms with van der Waals surface area (Å²) in [6, 6.07) is 0. The first-order valence-electron chi connectivity index (χ1n) is 6.46. The molecule has 0 spiro atoms. The fourth-order valence-corrected chi connectivity index (χ4v) is 2.25. The molecule has 2 aliphatic heterocycles. The fraction of sp³-hybridized carbons (Fsp3) is 0.833. The van der Waals surface area contributed by atoms with Gasteiger partial charge in [0.05, 0.1) is 0 Å². The third-order valence-electron chi connectivity index (χ3n) is 3.22. The summed E-state index contributed by atoms with van der Waals surface area (Å²) >= 11 is 0. The van der Waals surface area contributed by atoms with Gasteiger partial charge in [0.25, 0.3) is 0 Å². The zero-order valence-electron chi connectivity index (χ0n) is 10.1. The number of hydrogen-bond donors (Lipinski definition) is 2.